The molecular formula is C20H28O2. The highest BCUT2D eigenvalue weighted by Gasteiger charge is 2.36. The molecule has 0 aromatic rings. The van der Waals surface area contributed by atoms with E-state index in [-0.39, 0.29) is 18.0 Å². The smallest absolute Gasteiger partial charge is 0.334 e. The molecule has 0 radical (unpaired) electrons. The molecule has 2 atom stereocenters. The number of rotatable bonds is 0. The summed E-state index contributed by atoms with van der Waals surface area (Å²) in [7, 11) is 0. The molecule has 0 N–H and O–H groups in total. The Balaban J connectivity index is 2.19. The topological polar surface area (TPSA) is 26.3 Å². The van der Waals surface area contributed by atoms with Crippen molar-refractivity contribution in [2.45, 2.75) is 65.4 Å². The second kappa shape index (κ2) is 7.62. The minimum absolute atomic E-state index is 0.124. The molecule has 120 valence electrons. The minimum Gasteiger partial charge on any atom is -0.454 e. The molecular weight excluding hydrogens is 272 g/mol. The van der Waals surface area contributed by atoms with Gasteiger partial charge in [0.2, 0.25) is 0 Å². The summed E-state index contributed by atoms with van der Waals surface area (Å²) in [4.78, 5) is 11.8. The van der Waals surface area contributed by atoms with Crippen LogP contribution in [0.15, 0.2) is 47.1 Å². The SMILES string of the molecule is C=C1C(=O)OC2/C=C(\C)CC/C=C(\C)CC/C=C(\C)CCC12. The van der Waals surface area contributed by atoms with Crippen LogP contribution in [0.2, 0.25) is 0 Å². The van der Waals surface area contributed by atoms with Crippen LogP contribution in [0.25, 0.3) is 0 Å². The highest BCUT2D eigenvalue weighted by atomic mass is 16.5. The monoisotopic (exact) mass is 300 g/mol. The maximum atomic E-state index is 11.8. The lowest BCUT2D eigenvalue weighted by Gasteiger charge is -2.16. The van der Waals surface area contributed by atoms with E-state index in [4.69, 9.17) is 4.74 Å². The van der Waals surface area contributed by atoms with Crippen LogP contribution in [0.1, 0.15) is 59.3 Å². The van der Waals surface area contributed by atoms with Crippen LogP contribution in [-0.4, -0.2) is 12.1 Å². The van der Waals surface area contributed by atoms with E-state index in [1.807, 2.05) is 0 Å². The second-order valence-corrected chi connectivity index (χ2v) is 6.73. The van der Waals surface area contributed by atoms with Crippen molar-refractivity contribution in [2.75, 3.05) is 0 Å². The third kappa shape index (κ3) is 4.46. The fourth-order valence-electron chi connectivity index (χ4n) is 3.16. The van der Waals surface area contributed by atoms with E-state index in [9.17, 15) is 4.79 Å². The predicted molar refractivity (Wildman–Crippen MR) is 91.5 cm³/mol. The molecule has 0 spiro atoms. The van der Waals surface area contributed by atoms with Crippen LogP contribution < -0.4 is 0 Å². The zero-order chi connectivity index (χ0) is 16.1. The van der Waals surface area contributed by atoms with Crippen molar-refractivity contribution in [3.05, 3.63) is 47.1 Å². The number of carbonyl (C=O) groups excluding carboxylic acids is 1. The number of fused-ring (bicyclic) bond motifs is 1. The van der Waals surface area contributed by atoms with Crippen molar-refractivity contribution < 1.29 is 9.53 Å². The highest BCUT2D eigenvalue weighted by molar-refractivity contribution is 5.91. The van der Waals surface area contributed by atoms with Crippen LogP contribution in [-0.2, 0) is 9.53 Å². The van der Waals surface area contributed by atoms with Crippen LogP contribution in [0, 0.1) is 5.92 Å². The van der Waals surface area contributed by atoms with Gasteiger partial charge in [0.1, 0.15) is 6.10 Å². The Morgan fingerprint density at radius 3 is 2.27 bits per heavy atom. The summed E-state index contributed by atoms with van der Waals surface area (Å²) in [6.07, 6.45) is 13.0. The highest BCUT2D eigenvalue weighted by Crippen LogP contribution is 2.33. The molecule has 1 fully saturated rings. The lowest BCUT2D eigenvalue weighted by Crippen LogP contribution is -2.14. The Bertz CT molecular complexity index is 534. The van der Waals surface area contributed by atoms with Crippen molar-refractivity contribution in [3.63, 3.8) is 0 Å². The van der Waals surface area contributed by atoms with Gasteiger partial charge in [0.25, 0.3) is 0 Å². The maximum Gasteiger partial charge on any atom is 0.334 e. The second-order valence-electron chi connectivity index (χ2n) is 6.73. The molecule has 2 unspecified atom stereocenters. The molecule has 0 amide bonds. The Labute approximate surface area is 134 Å². The lowest BCUT2D eigenvalue weighted by atomic mass is 9.89. The van der Waals surface area contributed by atoms with Crippen molar-refractivity contribution >= 4 is 5.97 Å². The molecule has 0 saturated carbocycles. The zero-order valence-corrected chi connectivity index (χ0v) is 14.2. The van der Waals surface area contributed by atoms with E-state index in [0.717, 1.165) is 38.5 Å². The van der Waals surface area contributed by atoms with Crippen molar-refractivity contribution in [1.29, 1.82) is 0 Å². The molecule has 1 saturated heterocycles. The molecule has 2 rings (SSSR count). The zero-order valence-electron chi connectivity index (χ0n) is 14.2. The number of ether oxygens (including phenoxy) is 1. The van der Waals surface area contributed by atoms with Crippen molar-refractivity contribution in [2.24, 2.45) is 5.92 Å². The van der Waals surface area contributed by atoms with Crippen molar-refractivity contribution in [1.82, 2.24) is 0 Å². The van der Waals surface area contributed by atoms with Crippen LogP contribution in [0.4, 0.5) is 0 Å². The average molecular weight is 300 g/mol. The van der Waals surface area contributed by atoms with E-state index in [0.29, 0.717) is 5.57 Å². The Kier molecular flexibility index (Phi) is 5.82. The summed E-state index contributed by atoms with van der Waals surface area (Å²) >= 11 is 0. The predicted octanol–water partition coefficient (Wildman–Crippen LogP) is 5.28. The normalized spacial score (nSPS) is 35.1. The first-order valence-corrected chi connectivity index (χ1v) is 8.35. The van der Waals surface area contributed by atoms with Gasteiger partial charge in [-0.05, 0) is 65.4 Å². The number of hydrogen-bond donors (Lipinski definition) is 0. The summed E-state index contributed by atoms with van der Waals surface area (Å²) in [5, 5.41) is 0. The van der Waals surface area contributed by atoms with Crippen LogP contribution in [0.5, 0.6) is 0 Å². The third-order valence-electron chi connectivity index (χ3n) is 4.71. The molecule has 1 aliphatic heterocycles. The van der Waals surface area contributed by atoms with Gasteiger partial charge in [-0.2, -0.15) is 0 Å². The van der Waals surface area contributed by atoms with E-state index >= 15 is 0 Å². The van der Waals surface area contributed by atoms with E-state index in [1.165, 1.54) is 16.7 Å². The van der Waals surface area contributed by atoms with E-state index in [2.05, 4.69) is 45.6 Å². The first kappa shape index (κ1) is 16.8. The number of allylic oxidation sites excluding steroid dienone is 5. The van der Waals surface area contributed by atoms with Crippen molar-refractivity contribution in [3.8, 4) is 0 Å². The quantitative estimate of drug-likeness (QED) is 0.346. The van der Waals surface area contributed by atoms with Gasteiger partial charge in [-0.3, -0.25) is 0 Å². The van der Waals surface area contributed by atoms with Crippen LogP contribution in [0.3, 0.4) is 0 Å². The average Bonchev–Trinajstić information content (AvgIpc) is 2.71. The van der Waals surface area contributed by atoms with E-state index in [1.54, 1.807) is 0 Å². The molecule has 2 heteroatoms. The molecule has 22 heavy (non-hydrogen) atoms. The minimum atomic E-state index is -0.222. The summed E-state index contributed by atoms with van der Waals surface area (Å²) in [6.45, 7) is 10.5. The molecule has 2 nitrogen and oxygen atoms in total. The van der Waals surface area contributed by atoms with Gasteiger partial charge < -0.3 is 4.74 Å². The standard InChI is InChI=1S/C20H28O2/c1-14-7-5-9-15(2)11-12-18-17(4)20(21)22-19(18)13-16(3)10-6-8-14/h8-9,13,18-19H,4-7,10-12H2,1-3H3/b14-8+,15-9+,16-13+. The maximum absolute atomic E-state index is 11.8. The first-order chi connectivity index (χ1) is 10.5. The number of carbonyl (C=O) groups is 1. The fourth-order valence-corrected chi connectivity index (χ4v) is 3.16. The lowest BCUT2D eigenvalue weighted by molar-refractivity contribution is -0.137. The number of esters is 1. The third-order valence-corrected chi connectivity index (χ3v) is 4.71. The summed E-state index contributed by atoms with van der Waals surface area (Å²) < 4.78 is 5.51. The first-order valence-electron chi connectivity index (χ1n) is 8.35. The van der Waals surface area contributed by atoms with E-state index < -0.39 is 0 Å². The van der Waals surface area contributed by atoms with Gasteiger partial charge in [0.05, 0.1) is 0 Å². The Morgan fingerprint density at radius 1 is 1.00 bits per heavy atom. The summed E-state index contributed by atoms with van der Waals surface area (Å²) in [5.74, 6) is -0.0910. The molecule has 2 aliphatic rings. The van der Waals surface area contributed by atoms with Gasteiger partial charge >= 0.3 is 5.97 Å². The summed E-state index contributed by atoms with van der Waals surface area (Å²) in [6, 6.07) is 0. The van der Waals surface area contributed by atoms with Gasteiger partial charge in [0.15, 0.2) is 0 Å². The van der Waals surface area contributed by atoms with Gasteiger partial charge in [-0.1, -0.05) is 35.5 Å². The molecule has 1 heterocycles. The van der Waals surface area contributed by atoms with Gasteiger partial charge in [0, 0.05) is 11.5 Å². The molecule has 1 aliphatic carbocycles. The Morgan fingerprint density at radius 2 is 1.59 bits per heavy atom. The number of hydrogen-bond acceptors (Lipinski definition) is 2. The molecule has 0 aromatic carbocycles. The van der Waals surface area contributed by atoms with Crippen LogP contribution >= 0.6 is 0 Å². The Hall–Kier alpha value is -1.57. The molecule has 0 bridgehead atoms. The largest absolute Gasteiger partial charge is 0.454 e. The van der Waals surface area contributed by atoms with Gasteiger partial charge in [-0.15, -0.1) is 0 Å². The summed E-state index contributed by atoms with van der Waals surface area (Å²) in [5.41, 5.74) is 4.81. The fraction of sp³-hybridized carbons (Fsp3) is 0.550. The molecule has 0 aromatic heterocycles. The van der Waals surface area contributed by atoms with Gasteiger partial charge in [-0.25, -0.2) is 4.79 Å².